The van der Waals surface area contributed by atoms with Crippen molar-refractivity contribution in [2.24, 2.45) is 5.14 Å². The van der Waals surface area contributed by atoms with Crippen molar-refractivity contribution in [3.63, 3.8) is 0 Å². The van der Waals surface area contributed by atoms with Crippen LogP contribution in [0.25, 0.3) is 0 Å². The van der Waals surface area contributed by atoms with Crippen molar-refractivity contribution in [3.8, 4) is 0 Å². The van der Waals surface area contributed by atoms with Crippen molar-refractivity contribution in [3.05, 3.63) is 59.1 Å². The first-order valence-electron chi connectivity index (χ1n) is 8.73. The molecule has 1 amide bonds. The molecule has 1 fully saturated rings. The molecular formula is C18H20ClN3O5S2. The maximum absolute atomic E-state index is 12.8. The number of primary sulfonamides is 1. The van der Waals surface area contributed by atoms with Crippen molar-refractivity contribution < 1.29 is 21.6 Å². The van der Waals surface area contributed by atoms with E-state index in [1.807, 2.05) is 0 Å². The molecule has 0 spiro atoms. The van der Waals surface area contributed by atoms with E-state index in [1.54, 1.807) is 29.2 Å². The van der Waals surface area contributed by atoms with Crippen LogP contribution in [0.2, 0.25) is 5.02 Å². The molecule has 1 saturated heterocycles. The van der Waals surface area contributed by atoms with Gasteiger partial charge in [-0.15, -0.1) is 0 Å². The highest BCUT2D eigenvalue weighted by atomic mass is 35.5. The summed E-state index contributed by atoms with van der Waals surface area (Å²) < 4.78 is 49.5. The second-order valence-corrected chi connectivity index (χ2v) is 10.5. The summed E-state index contributed by atoms with van der Waals surface area (Å²) in [7, 11) is -7.70. The van der Waals surface area contributed by atoms with Gasteiger partial charge in [0.25, 0.3) is 0 Å². The number of sulfonamides is 2. The standard InChI is InChI=1S/C18H20ClN3O5S2/c19-17-4-2-1-3-14(17)13-18(23)21-9-11-22(12-10-21)29(26,27)16-7-5-15(6-8-16)28(20,24)25/h1-8H,9-13H2,(H2,20,24,25). The van der Waals surface area contributed by atoms with Crippen molar-refractivity contribution in [1.29, 1.82) is 0 Å². The Morgan fingerprint density at radius 2 is 1.45 bits per heavy atom. The lowest BCUT2D eigenvalue weighted by atomic mass is 10.1. The lowest BCUT2D eigenvalue weighted by Gasteiger charge is -2.34. The maximum atomic E-state index is 12.8. The van der Waals surface area contributed by atoms with Crippen LogP contribution >= 0.6 is 11.6 Å². The van der Waals surface area contributed by atoms with Gasteiger partial charge in [-0.25, -0.2) is 22.0 Å². The highest BCUT2D eigenvalue weighted by Gasteiger charge is 2.30. The van der Waals surface area contributed by atoms with Gasteiger partial charge in [0.05, 0.1) is 16.2 Å². The quantitative estimate of drug-likeness (QED) is 0.720. The topological polar surface area (TPSA) is 118 Å². The number of carbonyl (C=O) groups excluding carboxylic acids is 1. The molecule has 0 atom stereocenters. The van der Waals surface area contributed by atoms with E-state index < -0.39 is 20.0 Å². The summed E-state index contributed by atoms with van der Waals surface area (Å²) in [5.41, 5.74) is 0.726. The molecule has 0 saturated carbocycles. The highest BCUT2D eigenvalue weighted by molar-refractivity contribution is 7.89. The van der Waals surface area contributed by atoms with E-state index >= 15 is 0 Å². The van der Waals surface area contributed by atoms with Crippen LogP contribution in [0.5, 0.6) is 0 Å². The fourth-order valence-electron chi connectivity index (χ4n) is 3.04. The minimum atomic E-state index is -3.90. The molecule has 2 aromatic rings. The van der Waals surface area contributed by atoms with Crippen molar-refractivity contribution in [1.82, 2.24) is 9.21 Å². The summed E-state index contributed by atoms with van der Waals surface area (Å²) in [6.07, 6.45) is 0.154. The Bertz CT molecular complexity index is 1110. The molecular weight excluding hydrogens is 438 g/mol. The van der Waals surface area contributed by atoms with E-state index in [1.165, 1.54) is 16.4 Å². The number of piperazine rings is 1. The Hall–Kier alpha value is -1.98. The molecule has 8 nitrogen and oxygen atoms in total. The van der Waals surface area contributed by atoms with E-state index in [0.717, 1.165) is 17.7 Å². The monoisotopic (exact) mass is 457 g/mol. The van der Waals surface area contributed by atoms with Gasteiger partial charge in [-0.2, -0.15) is 4.31 Å². The van der Waals surface area contributed by atoms with E-state index in [0.29, 0.717) is 5.02 Å². The molecule has 0 radical (unpaired) electrons. The van der Waals surface area contributed by atoms with E-state index in [4.69, 9.17) is 16.7 Å². The summed E-state index contributed by atoms with van der Waals surface area (Å²) >= 11 is 6.09. The summed E-state index contributed by atoms with van der Waals surface area (Å²) in [5, 5.41) is 5.55. The van der Waals surface area contributed by atoms with Crippen LogP contribution in [-0.2, 0) is 31.3 Å². The molecule has 1 heterocycles. The second kappa shape index (κ2) is 8.41. The zero-order valence-corrected chi connectivity index (χ0v) is 17.8. The predicted octanol–water partition coefficient (Wildman–Crippen LogP) is 1.06. The Morgan fingerprint density at radius 3 is 2.00 bits per heavy atom. The molecule has 0 aliphatic carbocycles. The number of rotatable bonds is 5. The zero-order chi connectivity index (χ0) is 21.2. The number of nitrogens with zero attached hydrogens (tertiary/aromatic N) is 2. The summed E-state index contributed by atoms with van der Waals surface area (Å²) in [4.78, 5) is 13.9. The number of nitrogens with two attached hydrogens (primary N) is 1. The fourth-order valence-corrected chi connectivity index (χ4v) is 5.18. The molecule has 1 aliphatic rings. The third-order valence-corrected chi connectivity index (χ3v) is 7.89. The minimum absolute atomic E-state index is 0.0271. The van der Waals surface area contributed by atoms with Crippen LogP contribution < -0.4 is 5.14 Å². The highest BCUT2D eigenvalue weighted by Crippen LogP contribution is 2.21. The number of benzene rings is 2. The first-order chi connectivity index (χ1) is 13.6. The molecule has 1 aliphatic heterocycles. The number of amides is 1. The molecule has 2 aromatic carbocycles. The van der Waals surface area contributed by atoms with Gasteiger partial charge in [-0.1, -0.05) is 29.8 Å². The Morgan fingerprint density at radius 1 is 0.897 bits per heavy atom. The molecule has 29 heavy (non-hydrogen) atoms. The second-order valence-electron chi connectivity index (χ2n) is 6.57. The molecule has 156 valence electrons. The van der Waals surface area contributed by atoms with Crippen molar-refractivity contribution in [2.45, 2.75) is 16.2 Å². The van der Waals surface area contributed by atoms with E-state index in [-0.39, 0.29) is 48.3 Å². The minimum Gasteiger partial charge on any atom is -0.340 e. The number of hydrogen-bond donors (Lipinski definition) is 1. The van der Waals surface area contributed by atoms with E-state index in [9.17, 15) is 21.6 Å². The molecule has 2 N–H and O–H groups in total. The van der Waals surface area contributed by atoms with Crippen LogP contribution in [-0.4, -0.2) is 58.1 Å². The average molecular weight is 458 g/mol. The van der Waals surface area contributed by atoms with Gasteiger partial charge in [-0.05, 0) is 35.9 Å². The van der Waals surface area contributed by atoms with Gasteiger partial charge < -0.3 is 4.90 Å². The zero-order valence-electron chi connectivity index (χ0n) is 15.4. The normalized spacial score (nSPS) is 16.0. The van der Waals surface area contributed by atoms with Gasteiger partial charge in [-0.3, -0.25) is 4.79 Å². The number of carbonyl (C=O) groups is 1. The van der Waals surface area contributed by atoms with Crippen LogP contribution in [0, 0.1) is 0 Å². The van der Waals surface area contributed by atoms with Gasteiger partial charge in [0.2, 0.25) is 26.0 Å². The van der Waals surface area contributed by atoms with Gasteiger partial charge >= 0.3 is 0 Å². The number of hydrogen-bond acceptors (Lipinski definition) is 5. The molecule has 11 heteroatoms. The fraction of sp³-hybridized carbons (Fsp3) is 0.278. The Labute approximate surface area is 175 Å². The molecule has 0 bridgehead atoms. The summed E-state index contributed by atoms with van der Waals surface area (Å²) in [6, 6.07) is 11.8. The van der Waals surface area contributed by atoms with Gasteiger partial charge in [0.1, 0.15) is 0 Å². The largest absolute Gasteiger partial charge is 0.340 e. The molecule has 0 aromatic heterocycles. The SMILES string of the molecule is NS(=O)(=O)c1ccc(S(=O)(=O)N2CCN(C(=O)Cc3ccccc3Cl)CC2)cc1. The smallest absolute Gasteiger partial charge is 0.243 e. The molecule has 0 unspecified atom stereocenters. The van der Waals surface area contributed by atoms with E-state index in [2.05, 4.69) is 0 Å². The first kappa shape index (κ1) is 21.7. The van der Waals surface area contributed by atoms with Crippen LogP contribution in [0.4, 0.5) is 0 Å². The van der Waals surface area contributed by atoms with Crippen LogP contribution in [0.3, 0.4) is 0 Å². The average Bonchev–Trinajstić information content (AvgIpc) is 2.69. The summed E-state index contributed by atoms with van der Waals surface area (Å²) in [5.74, 6) is -0.118. The first-order valence-corrected chi connectivity index (χ1v) is 12.1. The third kappa shape index (κ3) is 4.96. The van der Waals surface area contributed by atoms with Gasteiger partial charge in [0.15, 0.2) is 0 Å². The number of halogens is 1. The van der Waals surface area contributed by atoms with Crippen molar-refractivity contribution >= 4 is 37.6 Å². The van der Waals surface area contributed by atoms with Crippen LogP contribution in [0.15, 0.2) is 58.3 Å². The predicted molar refractivity (Wildman–Crippen MR) is 108 cm³/mol. The Balaban J connectivity index is 1.65. The van der Waals surface area contributed by atoms with Gasteiger partial charge in [0, 0.05) is 31.2 Å². The Kier molecular flexibility index (Phi) is 6.30. The summed E-state index contributed by atoms with van der Waals surface area (Å²) in [6.45, 7) is 0.816. The van der Waals surface area contributed by atoms with Crippen molar-refractivity contribution in [2.75, 3.05) is 26.2 Å². The third-order valence-electron chi connectivity index (χ3n) is 4.68. The van der Waals surface area contributed by atoms with Crippen LogP contribution in [0.1, 0.15) is 5.56 Å². The lowest BCUT2D eigenvalue weighted by Crippen LogP contribution is -2.50. The lowest BCUT2D eigenvalue weighted by molar-refractivity contribution is -0.131. The maximum Gasteiger partial charge on any atom is 0.243 e. The molecule has 3 rings (SSSR count).